The lowest BCUT2D eigenvalue weighted by atomic mass is 10.1. The second kappa shape index (κ2) is 8.62. The van der Waals surface area contributed by atoms with Gasteiger partial charge in [0, 0.05) is 28.8 Å². The molecule has 0 radical (unpaired) electrons. The van der Waals surface area contributed by atoms with Crippen LogP contribution in [0.1, 0.15) is 37.0 Å². The molecule has 0 bridgehead atoms. The van der Waals surface area contributed by atoms with E-state index in [1.54, 1.807) is 31.2 Å². The van der Waals surface area contributed by atoms with Crippen LogP contribution in [0.25, 0.3) is 0 Å². The molecular weight excluding hydrogens is 410 g/mol. The van der Waals surface area contributed by atoms with Crippen molar-refractivity contribution in [2.75, 3.05) is 4.90 Å². The Morgan fingerprint density at radius 2 is 1.80 bits per heavy atom. The number of imide groups is 1. The van der Waals surface area contributed by atoms with E-state index >= 15 is 0 Å². The van der Waals surface area contributed by atoms with Crippen LogP contribution in [0.5, 0.6) is 0 Å². The maximum Gasteiger partial charge on any atom is 0.269 e. The van der Waals surface area contributed by atoms with Crippen molar-refractivity contribution in [3.8, 4) is 0 Å². The normalized spacial score (nSPS) is 17.2. The second-order valence-electron chi connectivity index (χ2n) is 7.04. The quantitative estimate of drug-likeness (QED) is 0.394. The molecule has 2 aromatic rings. The lowest BCUT2D eigenvalue weighted by Gasteiger charge is -2.33. The van der Waals surface area contributed by atoms with E-state index in [1.807, 2.05) is 6.92 Å². The highest BCUT2D eigenvalue weighted by molar-refractivity contribution is 6.31. The van der Waals surface area contributed by atoms with Crippen LogP contribution in [0.2, 0.25) is 5.02 Å². The van der Waals surface area contributed by atoms with Gasteiger partial charge >= 0.3 is 0 Å². The first-order valence-electron chi connectivity index (χ1n) is 9.44. The van der Waals surface area contributed by atoms with Gasteiger partial charge in [-0.05, 0) is 49.7 Å². The molecule has 2 unspecified atom stereocenters. The molecule has 3 rings (SSSR count). The molecule has 0 aromatic heterocycles. The number of carbonyl (C=O) groups excluding carboxylic acids is 3. The van der Waals surface area contributed by atoms with Crippen molar-refractivity contribution >= 4 is 40.7 Å². The zero-order valence-corrected chi connectivity index (χ0v) is 17.2. The molecule has 0 saturated carbocycles. The van der Waals surface area contributed by atoms with E-state index in [9.17, 15) is 24.5 Å². The van der Waals surface area contributed by atoms with Crippen LogP contribution >= 0.6 is 11.6 Å². The zero-order chi connectivity index (χ0) is 22.0. The predicted octanol–water partition coefficient (Wildman–Crippen LogP) is 3.82. The minimum atomic E-state index is -0.953. The van der Waals surface area contributed by atoms with Crippen LogP contribution in [0.15, 0.2) is 48.5 Å². The minimum Gasteiger partial charge on any atom is -0.323 e. The van der Waals surface area contributed by atoms with E-state index in [4.69, 9.17) is 11.6 Å². The largest absolute Gasteiger partial charge is 0.323 e. The lowest BCUT2D eigenvalue weighted by Crippen LogP contribution is -2.49. The predicted molar refractivity (Wildman–Crippen MR) is 111 cm³/mol. The fourth-order valence-electron chi connectivity index (χ4n) is 3.42. The van der Waals surface area contributed by atoms with Crippen LogP contribution < -0.4 is 4.90 Å². The third-order valence-corrected chi connectivity index (χ3v) is 5.42. The van der Waals surface area contributed by atoms with Gasteiger partial charge in [-0.25, -0.2) is 4.90 Å². The fraction of sp³-hybridized carbons (Fsp3) is 0.286. The summed E-state index contributed by atoms with van der Waals surface area (Å²) in [5, 5.41) is 11.3. The Balaban J connectivity index is 1.92. The number of halogens is 1. The SMILES string of the molecule is CCC(C)N(C(=O)c1ccc([N+](=O)[O-])cc1)C1CC(=O)N(c2ccc(Cl)cc2)C1=O. The summed E-state index contributed by atoms with van der Waals surface area (Å²) in [4.78, 5) is 51.8. The van der Waals surface area contributed by atoms with Gasteiger partial charge < -0.3 is 4.90 Å². The maximum atomic E-state index is 13.2. The molecule has 2 aromatic carbocycles. The summed E-state index contributed by atoms with van der Waals surface area (Å²) in [7, 11) is 0. The molecule has 9 heteroatoms. The van der Waals surface area contributed by atoms with Crippen molar-refractivity contribution in [2.45, 2.75) is 38.8 Å². The molecule has 1 saturated heterocycles. The topological polar surface area (TPSA) is 101 Å². The highest BCUT2D eigenvalue weighted by Gasteiger charge is 2.45. The van der Waals surface area contributed by atoms with Crippen molar-refractivity contribution < 1.29 is 19.3 Å². The van der Waals surface area contributed by atoms with Crippen molar-refractivity contribution in [3.63, 3.8) is 0 Å². The summed E-state index contributed by atoms with van der Waals surface area (Å²) in [6.07, 6.45) is 0.433. The molecule has 1 aliphatic rings. The van der Waals surface area contributed by atoms with E-state index in [-0.39, 0.29) is 23.7 Å². The van der Waals surface area contributed by atoms with E-state index < -0.39 is 28.7 Å². The molecule has 30 heavy (non-hydrogen) atoms. The number of non-ortho nitro benzene ring substituents is 1. The fourth-order valence-corrected chi connectivity index (χ4v) is 3.54. The minimum absolute atomic E-state index is 0.134. The van der Waals surface area contributed by atoms with E-state index in [1.165, 1.54) is 29.2 Å². The van der Waals surface area contributed by atoms with Gasteiger partial charge in [0.2, 0.25) is 5.91 Å². The maximum absolute atomic E-state index is 13.2. The van der Waals surface area contributed by atoms with E-state index in [0.717, 1.165) is 4.90 Å². The van der Waals surface area contributed by atoms with Gasteiger partial charge in [0.25, 0.3) is 17.5 Å². The van der Waals surface area contributed by atoms with Crippen molar-refractivity contribution in [3.05, 3.63) is 69.2 Å². The highest BCUT2D eigenvalue weighted by Crippen LogP contribution is 2.29. The zero-order valence-electron chi connectivity index (χ0n) is 16.4. The van der Waals surface area contributed by atoms with Crippen LogP contribution in [-0.2, 0) is 9.59 Å². The average molecular weight is 430 g/mol. The molecule has 3 amide bonds. The third-order valence-electron chi connectivity index (χ3n) is 5.17. The summed E-state index contributed by atoms with van der Waals surface area (Å²) in [6.45, 7) is 3.67. The number of hydrogen-bond donors (Lipinski definition) is 0. The molecule has 0 aliphatic carbocycles. The van der Waals surface area contributed by atoms with Crippen LogP contribution in [-0.4, -0.2) is 39.6 Å². The van der Waals surface area contributed by atoms with E-state index in [2.05, 4.69) is 0 Å². The summed E-state index contributed by atoms with van der Waals surface area (Å²) >= 11 is 5.89. The number of nitro groups is 1. The van der Waals surface area contributed by atoms with Crippen LogP contribution in [0, 0.1) is 10.1 Å². The number of benzene rings is 2. The standard InChI is InChI=1S/C21H20ClN3O5/c1-3-13(2)23(20(27)14-4-8-17(9-5-14)25(29)30)18-12-19(26)24(21(18)28)16-10-6-15(22)7-11-16/h4-11,13,18H,3,12H2,1-2H3. The first kappa shape index (κ1) is 21.4. The lowest BCUT2D eigenvalue weighted by molar-refractivity contribution is -0.384. The molecule has 1 heterocycles. The van der Waals surface area contributed by atoms with Gasteiger partial charge in [0.1, 0.15) is 6.04 Å². The summed E-state index contributed by atoms with van der Waals surface area (Å²) in [5.41, 5.74) is 0.470. The molecule has 1 fully saturated rings. The Bertz CT molecular complexity index is 991. The van der Waals surface area contributed by atoms with Gasteiger partial charge in [-0.15, -0.1) is 0 Å². The smallest absolute Gasteiger partial charge is 0.269 e. The number of hydrogen-bond acceptors (Lipinski definition) is 5. The van der Waals surface area contributed by atoms with Gasteiger partial charge in [-0.3, -0.25) is 24.5 Å². The summed E-state index contributed by atoms with van der Waals surface area (Å²) < 4.78 is 0. The molecular formula is C21H20ClN3O5. The molecule has 1 aliphatic heterocycles. The monoisotopic (exact) mass is 429 g/mol. The van der Waals surface area contributed by atoms with Gasteiger partial charge in [0.05, 0.1) is 17.0 Å². The molecule has 0 spiro atoms. The number of nitrogens with zero attached hydrogens (tertiary/aromatic N) is 3. The van der Waals surface area contributed by atoms with Gasteiger partial charge in [-0.1, -0.05) is 18.5 Å². The van der Waals surface area contributed by atoms with Crippen LogP contribution in [0.4, 0.5) is 11.4 Å². The third kappa shape index (κ3) is 4.04. The highest BCUT2D eigenvalue weighted by atomic mass is 35.5. The molecule has 0 N–H and O–H groups in total. The first-order chi connectivity index (χ1) is 14.2. The molecule has 2 atom stereocenters. The number of anilines is 1. The van der Waals surface area contributed by atoms with Crippen molar-refractivity contribution in [2.24, 2.45) is 0 Å². The first-order valence-corrected chi connectivity index (χ1v) is 9.81. The summed E-state index contributed by atoms with van der Waals surface area (Å²) in [6, 6.07) is 10.2. The van der Waals surface area contributed by atoms with Gasteiger partial charge in [0.15, 0.2) is 0 Å². The summed E-state index contributed by atoms with van der Waals surface area (Å²) in [5.74, 6) is -1.35. The molecule has 8 nitrogen and oxygen atoms in total. The number of amides is 3. The Hall–Kier alpha value is -3.26. The second-order valence-corrected chi connectivity index (χ2v) is 7.47. The number of nitro benzene ring substituents is 1. The Labute approximate surface area is 178 Å². The number of rotatable bonds is 6. The Kier molecular flexibility index (Phi) is 6.17. The van der Waals surface area contributed by atoms with Crippen molar-refractivity contribution in [1.29, 1.82) is 0 Å². The van der Waals surface area contributed by atoms with E-state index in [0.29, 0.717) is 17.1 Å². The number of carbonyl (C=O) groups is 3. The van der Waals surface area contributed by atoms with Crippen LogP contribution in [0.3, 0.4) is 0 Å². The Morgan fingerprint density at radius 1 is 1.20 bits per heavy atom. The molecule has 156 valence electrons. The average Bonchev–Trinajstić information content (AvgIpc) is 3.02. The van der Waals surface area contributed by atoms with Gasteiger partial charge in [-0.2, -0.15) is 0 Å². The van der Waals surface area contributed by atoms with Crippen molar-refractivity contribution in [1.82, 2.24) is 4.90 Å². The Morgan fingerprint density at radius 3 is 2.33 bits per heavy atom.